The summed E-state index contributed by atoms with van der Waals surface area (Å²) < 4.78 is 5.34. The number of carboxylic acids is 1. The Morgan fingerprint density at radius 3 is 2.52 bits per heavy atom. The van der Waals surface area contributed by atoms with E-state index >= 15 is 0 Å². The van der Waals surface area contributed by atoms with Crippen LogP contribution < -0.4 is 5.32 Å². The van der Waals surface area contributed by atoms with Gasteiger partial charge in [-0.25, -0.2) is 4.79 Å². The van der Waals surface area contributed by atoms with Gasteiger partial charge in [0.1, 0.15) is 10.6 Å². The Labute approximate surface area is 195 Å². The van der Waals surface area contributed by atoms with Crippen molar-refractivity contribution in [1.29, 1.82) is 0 Å². The summed E-state index contributed by atoms with van der Waals surface area (Å²) in [6.45, 7) is 1.96. The number of benzene rings is 2. The number of thiophene rings is 1. The highest BCUT2D eigenvalue weighted by Crippen LogP contribution is 2.53. The van der Waals surface area contributed by atoms with E-state index in [1.165, 1.54) is 11.3 Å². The number of amides is 1. The third kappa shape index (κ3) is 3.70. The van der Waals surface area contributed by atoms with Gasteiger partial charge in [0.2, 0.25) is 5.91 Å². The number of hydrogen-bond donors (Lipinski definition) is 2. The minimum absolute atomic E-state index is 0.0577. The summed E-state index contributed by atoms with van der Waals surface area (Å²) >= 11 is 1.27. The number of hydrogen-bond acceptors (Lipinski definition) is 5. The molecule has 3 aromatic rings. The van der Waals surface area contributed by atoms with Crippen LogP contribution in [0.25, 0.3) is 21.9 Å². The number of fused-ring (bicyclic) bond motifs is 3. The molecule has 2 aliphatic carbocycles. The SMILES string of the molecule is CCOC(=O)c1c(-c2cccc3ccccc23)csc1NC(=O)[C@H]1[C@@H]2CC[C@@H](C2)[C@@H]1C(=O)O. The molecule has 170 valence electrons. The minimum atomic E-state index is -0.907. The first-order valence-corrected chi connectivity index (χ1v) is 12.2. The van der Waals surface area contributed by atoms with Crippen molar-refractivity contribution in [3.05, 3.63) is 53.4 Å². The lowest BCUT2D eigenvalue weighted by Crippen LogP contribution is -2.37. The number of carboxylic acid groups (broad SMARTS) is 1. The number of ether oxygens (including phenoxy) is 1. The molecule has 0 spiro atoms. The van der Waals surface area contributed by atoms with Crippen LogP contribution in [0.15, 0.2) is 47.8 Å². The highest BCUT2D eigenvalue weighted by Gasteiger charge is 2.54. The molecule has 0 unspecified atom stereocenters. The zero-order chi connectivity index (χ0) is 23.1. The van der Waals surface area contributed by atoms with Crippen LogP contribution in [-0.4, -0.2) is 29.6 Å². The summed E-state index contributed by atoms with van der Waals surface area (Å²) in [7, 11) is 0. The van der Waals surface area contributed by atoms with E-state index in [2.05, 4.69) is 5.32 Å². The van der Waals surface area contributed by atoms with Crippen molar-refractivity contribution in [3.63, 3.8) is 0 Å². The van der Waals surface area contributed by atoms with Crippen LogP contribution in [0.3, 0.4) is 0 Å². The van der Waals surface area contributed by atoms with E-state index in [0.717, 1.165) is 35.6 Å². The standard InChI is InChI=1S/C26H25NO5S/c1-2-32-26(31)22-19(18-9-5-7-14-6-3-4-8-17(14)18)13-33-24(22)27-23(28)20-15-10-11-16(12-15)21(20)25(29)30/h3-9,13,15-16,20-21H,2,10-12H2,1H3,(H,27,28)(H,29,30)/t15-,16+,20+,21+/m1/s1. The van der Waals surface area contributed by atoms with Gasteiger partial charge in [-0.1, -0.05) is 42.5 Å². The molecule has 2 N–H and O–H groups in total. The molecule has 2 aliphatic rings. The second kappa shape index (κ2) is 8.63. The zero-order valence-electron chi connectivity index (χ0n) is 18.2. The van der Waals surface area contributed by atoms with Gasteiger partial charge in [0.15, 0.2) is 0 Å². The number of nitrogens with one attached hydrogen (secondary N) is 1. The van der Waals surface area contributed by atoms with Gasteiger partial charge in [-0.05, 0) is 54.4 Å². The van der Waals surface area contributed by atoms with Crippen LogP contribution in [0.4, 0.5) is 5.00 Å². The Morgan fingerprint density at radius 2 is 1.76 bits per heavy atom. The van der Waals surface area contributed by atoms with Crippen molar-refractivity contribution in [2.24, 2.45) is 23.7 Å². The minimum Gasteiger partial charge on any atom is -0.481 e. The highest BCUT2D eigenvalue weighted by atomic mass is 32.1. The maximum atomic E-state index is 13.3. The summed E-state index contributed by atoms with van der Waals surface area (Å²) in [5.74, 6) is -2.81. The van der Waals surface area contributed by atoms with Crippen molar-refractivity contribution in [3.8, 4) is 11.1 Å². The normalized spacial score (nSPS) is 23.5. The van der Waals surface area contributed by atoms with E-state index in [0.29, 0.717) is 16.1 Å². The molecular weight excluding hydrogens is 438 g/mol. The van der Waals surface area contributed by atoms with E-state index < -0.39 is 23.8 Å². The Kier molecular flexibility index (Phi) is 5.66. The molecule has 7 heteroatoms. The molecule has 2 fully saturated rings. The molecule has 4 atom stereocenters. The Bertz CT molecular complexity index is 1240. The highest BCUT2D eigenvalue weighted by molar-refractivity contribution is 7.15. The summed E-state index contributed by atoms with van der Waals surface area (Å²) in [4.78, 5) is 38.2. The first kappa shape index (κ1) is 21.6. The quantitative estimate of drug-likeness (QED) is 0.476. The molecule has 33 heavy (non-hydrogen) atoms. The number of anilines is 1. The zero-order valence-corrected chi connectivity index (χ0v) is 19.1. The van der Waals surface area contributed by atoms with Gasteiger partial charge in [0.05, 0.1) is 18.4 Å². The molecule has 0 radical (unpaired) electrons. The molecule has 0 aliphatic heterocycles. The van der Waals surface area contributed by atoms with Crippen LogP contribution in [0.5, 0.6) is 0 Å². The van der Waals surface area contributed by atoms with Crippen LogP contribution >= 0.6 is 11.3 Å². The second-order valence-electron chi connectivity index (χ2n) is 8.81. The fraction of sp³-hybridized carbons (Fsp3) is 0.346. The predicted octanol–water partition coefficient (Wildman–Crippen LogP) is 5.43. The van der Waals surface area contributed by atoms with E-state index in [-0.39, 0.29) is 24.3 Å². The second-order valence-corrected chi connectivity index (χ2v) is 9.69. The molecule has 1 amide bonds. The fourth-order valence-electron chi connectivity index (χ4n) is 5.73. The van der Waals surface area contributed by atoms with Gasteiger partial charge in [0, 0.05) is 10.9 Å². The number of esters is 1. The first-order valence-electron chi connectivity index (χ1n) is 11.3. The number of carbonyl (C=O) groups is 3. The number of aliphatic carboxylic acids is 1. The third-order valence-electron chi connectivity index (χ3n) is 7.09. The maximum Gasteiger partial charge on any atom is 0.341 e. The number of carbonyl (C=O) groups excluding carboxylic acids is 2. The summed E-state index contributed by atoms with van der Waals surface area (Å²) in [6.07, 6.45) is 2.53. The van der Waals surface area contributed by atoms with Crippen molar-refractivity contribution < 1.29 is 24.2 Å². The van der Waals surface area contributed by atoms with Crippen molar-refractivity contribution in [2.45, 2.75) is 26.2 Å². The molecular formula is C26H25NO5S. The van der Waals surface area contributed by atoms with Gasteiger partial charge in [-0.3, -0.25) is 9.59 Å². The smallest absolute Gasteiger partial charge is 0.341 e. The molecule has 6 nitrogen and oxygen atoms in total. The third-order valence-corrected chi connectivity index (χ3v) is 7.99. The van der Waals surface area contributed by atoms with Crippen LogP contribution in [0, 0.1) is 23.7 Å². The molecule has 5 rings (SSSR count). The lowest BCUT2D eigenvalue weighted by atomic mass is 9.78. The van der Waals surface area contributed by atoms with Crippen LogP contribution in [-0.2, 0) is 14.3 Å². The molecule has 2 bridgehead atoms. The fourth-order valence-corrected chi connectivity index (χ4v) is 6.68. The van der Waals surface area contributed by atoms with E-state index in [9.17, 15) is 19.5 Å². The van der Waals surface area contributed by atoms with E-state index in [1.807, 2.05) is 47.8 Å². The molecule has 1 aromatic heterocycles. The molecule has 1 heterocycles. The predicted molar refractivity (Wildman–Crippen MR) is 127 cm³/mol. The average Bonchev–Trinajstić information content (AvgIpc) is 3.53. The monoisotopic (exact) mass is 463 g/mol. The van der Waals surface area contributed by atoms with Crippen LogP contribution in [0.2, 0.25) is 0 Å². The maximum absolute atomic E-state index is 13.3. The average molecular weight is 464 g/mol. The van der Waals surface area contributed by atoms with E-state index in [4.69, 9.17) is 4.74 Å². The summed E-state index contributed by atoms with van der Waals surface area (Å²) in [5.41, 5.74) is 1.91. The Balaban J connectivity index is 1.53. The van der Waals surface area contributed by atoms with E-state index in [1.54, 1.807) is 6.92 Å². The molecule has 2 saturated carbocycles. The number of rotatable bonds is 6. The topological polar surface area (TPSA) is 92.7 Å². The van der Waals surface area contributed by atoms with Crippen molar-refractivity contribution >= 4 is 45.0 Å². The molecule has 2 aromatic carbocycles. The lowest BCUT2D eigenvalue weighted by molar-refractivity contribution is -0.148. The van der Waals surface area contributed by atoms with Gasteiger partial charge in [-0.2, -0.15) is 0 Å². The first-order chi connectivity index (χ1) is 16.0. The summed E-state index contributed by atoms with van der Waals surface area (Å²) in [6, 6.07) is 13.8. The Morgan fingerprint density at radius 1 is 1.03 bits per heavy atom. The van der Waals surface area contributed by atoms with Gasteiger partial charge in [-0.15, -0.1) is 11.3 Å². The summed E-state index contributed by atoms with van der Waals surface area (Å²) in [5, 5.41) is 17.0. The van der Waals surface area contributed by atoms with Gasteiger partial charge < -0.3 is 15.2 Å². The largest absolute Gasteiger partial charge is 0.481 e. The van der Waals surface area contributed by atoms with Crippen molar-refractivity contribution in [1.82, 2.24) is 0 Å². The Hall–Kier alpha value is -3.19. The van der Waals surface area contributed by atoms with Crippen LogP contribution in [0.1, 0.15) is 36.5 Å². The van der Waals surface area contributed by atoms with Crippen molar-refractivity contribution in [2.75, 3.05) is 11.9 Å². The lowest BCUT2D eigenvalue weighted by Gasteiger charge is -2.27. The van der Waals surface area contributed by atoms with Gasteiger partial charge >= 0.3 is 11.9 Å². The molecule has 0 saturated heterocycles. The van der Waals surface area contributed by atoms with Gasteiger partial charge in [0.25, 0.3) is 0 Å².